The van der Waals surface area contributed by atoms with Crippen LogP contribution in [0, 0.1) is 11.8 Å². The fourth-order valence-electron chi connectivity index (χ4n) is 7.38. The molecule has 0 radical (unpaired) electrons. The Labute approximate surface area is 242 Å². The third-order valence-electron chi connectivity index (χ3n) is 9.67. The molecule has 2 heterocycles. The molecule has 4 rings (SSSR count). The van der Waals surface area contributed by atoms with Crippen LogP contribution in [0.5, 0.6) is 0 Å². The van der Waals surface area contributed by atoms with Gasteiger partial charge in [0.25, 0.3) is 0 Å². The zero-order valence-corrected chi connectivity index (χ0v) is 24.8. The standard InChI is InChI=1S/C33H56O7/c34-28-25-33(40-32-21-11-13-23-38-32,24-27(28)17-6-1-2-7-19-30(35)36)29(39-31-20-10-12-22-37-31)18-9-8-16-26-14-4-3-5-15-26/h1,6,26-29,31-32,34H,2-5,7-25H2,(H,35,36)/b6-1-/t27-,28+,29-,31?,32?,33+/m0/s1. The highest BCUT2D eigenvalue weighted by molar-refractivity contribution is 5.66. The van der Waals surface area contributed by atoms with Crippen molar-refractivity contribution in [2.75, 3.05) is 13.2 Å². The summed E-state index contributed by atoms with van der Waals surface area (Å²) >= 11 is 0. The first-order valence-electron chi connectivity index (χ1n) is 16.7. The SMILES string of the molecule is O=C(O)CCC/C=C\C[C@H]1C[C@](OC2CCCCO2)([C@H](CCCCC2CCCCC2)OC2CCCCO2)C[C@H]1O. The molecular weight excluding hydrogens is 508 g/mol. The minimum absolute atomic E-state index is 0.0833. The molecule has 2 N–H and O–H groups in total. The quantitative estimate of drug-likeness (QED) is 0.150. The van der Waals surface area contributed by atoms with E-state index in [9.17, 15) is 9.90 Å². The van der Waals surface area contributed by atoms with E-state index in [1.165, 1.54) is 44.9 Å². The van der Waals surface area contributed by atoms with Crippen LogP contribution in [0.25, 0.3) is 0 Å². The Morgan fingerprint density at radius 1 is 0.875 bits per heavy atom. The number of allylic oxidation sites excluding steroid dienone is 2. The second-order valence-corrected chi connectivity index (χ2v) is 12.9. The van der Waals surface area contributed by atoms with E-state index in [-0.39, 0.29) is 31.0 Å². The maximum Gasteiger partial charge on any atom is 0.303 e. The summed E-state index contributed by atoms with van der Waals surface area (Å²) < 4.78 is 25.8. The van der Waals surface area contributed by atoms with Crippen LogP contribution in [0.3, 0.4) is 0 Å². The summed E-state index contributed by atoms with van der Waals surface area (Å²) in [7, 11) is 0. The number of hydrogen-bond acceptors (Lipinski definition) is 6. The summed E-state index contributed by atoms with van der Waals surface area (Å²) in [5.74, 6) is 0.216. The summed E-state index contributed by atoms with van der Waals surface area (Å²) in [5.41, 5.74) is -0.588. The van der Waals surface area contributed by atoms with Crippen LogP contribution < -0.4 is 0 Å². The van der Waals surface area contributed by atoms with Crippen LogP contribution in [-0.4, -0.2) is 59.8 Å². The molecule has 2 saturated carbocycles. The van der Waals surface area contributed by atoms with Crippen molar-refractivity contribution >= 4 is 5.97 Å². The Balaban J connectivity index is 1.42. The molecule has 6 atom stereocenters. The highest BCUT2D eigenvalue weighted by atomic mass is 16.7. The van der Waals surface area contributed by atoms with Gasteiger partial charge in [0.1, 0.15) is 5.60 Å². The second kappa shape index (κ2) is 17.2. The van der Waals surface area contributed by atoms with Gasteiger partial charge in [-0.15, -0.1) is 0 Å². The molecule has 4 fully saturated rings. The Morgan fingerprint density at radius 3 is 2.30 bits per heavy atom. The number of ether oxygens (including phenoxy) is 4. The molecule has 0 bridgehead atoms. The Bertz CT molecular complexity index is 739. The predicted octanol–water partition coefficient (Wildman–Crippen LogP) is 7.29. The van der Waals surface area contributed by atoms with Gasteiger partial charge in [0.15, 0.2) is 12.6 Å². The van der Waals surface area contributed by atoms with Crippen molar-refractivity contribution in [2.24, 2.45) is 11.8 Å². The zero-order valence-electron chi connectivity index (χ0n) is 24.8. The molecule has 0 spiro atoms. The van der Waals surface area contributed by atoms with E-state index in [1.54, 1.807) is 0 Å². The van der Waals surface area contributed by atoms with Gasteiger partial charge in [-0.05, 0) is 82.5 Å². The highest BCUT2D eigenvalue weighted by Crippen LogP contribution is 2.46. The van der Waals surface area contributed by atoms with Gasteiger partial charge in [0, 0.05) is 26.1 Å². The molecular formula is C33H56O7. The monoisotopic (exact) mass is 564 g/mol. The van der Waals surface area contributed by atoms with E-state index < -0.39 is 17.7 Å². The van der Waals surface area contributed by atoms with Crippen molar-refractivity contribution in [3.05, 3.63) is 12.2 Å². The van der Waals surface area contributed by atoms with Crippen LogP contribution in [0.1, 0.15) is 135 Å². The van der Waals surface area contributed by atoms with Gasteiger partial charge >= 0.3 is 5.97 Å². The van der Waals surface area contributed by atoms with Gasteiger partial charge in [-0.25, -0.2) is 0 Å². The number of aliphatic carboxylic acids is 1. The molecule has 230 valence electrons. The lowest BCUT2D eigenvalue weighted by Crippen LogP contribution is -2.50. The van der Waals surface area contributed by atoms with Crippen LogP contribution in [-0.2, 0) is 23.7 Å². The average Bonchev–Trinajstić information content (AvgIpc) is 3.29. The lowest BCUT2D eigenvalue weighted by molar-refractivity contribution is -0.286. The van der Waals surface area contributed by atoms with Crippen LogP contribution >= 0.6 is 0 Å². The van der Waals surface area contributed by atoms with Crippen LogP contribution in [0.4, 0.5) is 0 Å². The molecule has 7 nitrogen and oxygen atoms in total. The van der Waals surface area contributed by atoms with E-state index in [2.05, 4.69) is 12.2 Å². The van der Waals surface area contributed by atoms with E-state index in [1.807, 2.05) is 0 Å². The molecule has 0 aromatic heterocycles. The minimum Gasteiger partial charge on any atom is -0.481 e. The number of carboxylic acid groups (broad SMARTS) is 1. The number of carboxylic acids is 1. The van der Waals surface area contributed by atoms with Gasteiger partial charge in [-0.2, -0.15) is 0 Å². The van der Waals surface area contributed by atoms with Crippen molar-refractivity contribution in [3.8, 4) is 0 Å². The van der Waals surface area contributed by atoms with Crippen LogP contribution in [0.15, 0.2) is 12.2 Å². The summed E-state index contributed by atoms with van der Waals surface area (Å²) in [5, 5.41) is 20.2. The van der Waals surface area contributed by atoms with E-state index in [0.717, 1.165) is 89.8 Å². The van der Waals surface area contributed by atoms with Crippen molar-refractivity contribution < 1.29 is 34.0 Å². The summed E-state index contributed by atoms with van der Waals surface area (Å²) in [6, 6.07) is 0. The largest absolute Gasteiger partial charge is 0.481 e. The van der Waals surface area contributed by atoms with Crippen molar-refractivity contribution in [3.63, 3.8) is 0 Å². The number of rotatable bonds is 16. The Morgan fingerprint density at radius 2 is 1.60 bits per heavy atom. The van der Waals surface area contributed by atoms with Crippen LogP contribution in [0.2, 0.25) is 0 Å². The molecule has 2 aliphatic carbocycles. The Kier molecular flexibility index (Phi) is 13.7. The topological polar surface area (TPSA) is 94.5 Å². The molecule has 2 aliphatic heterocycles. The highest BCUT2D eigenvalue weighted by Gasteiger charge is 2.52. The molecule has 4 aliphatic rings. The first-order valence-corrected chi connectivity index (χ1v) is 16.7. The third kappa shape index (κ3) is 10.4. The first kappa shape index (κ1) is 31.9. The number of aliphatic hydroxyl groups excluding tert-OH is 1. The molecule has 7 heteroatoms. The lowest BCUT2D eigenvalue weighted by Gasteiger charge is -2.42. The zero-order chi connectivity index (χ0) is 28.0. The smallest absolute Gasteiger partial charge is 0.303 e. The fraction of sp³-hybridized carbons (Fsp3) is 0.909. The fourth-order valence-corrected chi connectivity index (χ4v) is 7.38. The molecule has 0 amide bonds. The number of aliphatic hydroxyl groups is 1. The van der Waals surface area contributed by atoms with Crippen molar-refractivity contribution in [1.82, 2.24) is 0 Å². The predicted molar refractivity (Wildman–Crippen MR) is 155 cm³/mol. The minimum atomic E-state index is -0.752. The molecule has 0 aromatic rings. The number of carbonyl (C=O) groups is 1. The maximum atomic E-state index is 11.3. The summed E-state index contributed by atoms with van der Waals surface area (Å²) in [6.45, 7) is 1.47. The normalized spacial score (nSPS) is 32.9. The third-order valence-corrected chi connectivity index (χ3v) is 9.67. The number of hydrogen-bond donors (Lipinski definition) is 2. The second-order valence-electron chi connectivity index (χ2n) is 12.9. The van der Waals surface area contributed by atoms with Gasteiger partial charge in [0.05, 0.1) is 12.2 Å². The van der Waals surface area contributed by atoms with Gasteiger partial charge in [-0.1, -0.05) is 63.5 Å². The summed E-state index contributed by atoms with van der Waals surface area (Å²) in [4.78, 5) is 10.8. The van der Waals surface area contributed by atoms with Gasteiger partial charge in [-0.3, -0.25) is 4.79 Å². The molecule has 40 heavy (non-hydrogen) atoms. The van der Waals surface area contributed by atoms with Gasteiger partial charge in [0.2, 0.25) is 0 Å². The van der Waals surface area contributed by atoms with Crippen molar-refractivity contribution in [1.29, 1.82) is 0 Å². The van der Waals surface area contributed by atoms with Crippen molar-refractivity contribution in [2.45, 2.75) is 165 Å². The van der Waals surface area contributed by atoms with E-state index in [0.29, 0.717) is 12.8 Å². The first-order chi connectivity index (χ1) is 19.5. The maximum absolute atomic E-state index is 11.3. The van der Waals surface area contributed by atoms with E-state index >= 15 is 0 Å². The summed E-state index contributed by atoms with van der Waals surface area (Å²) in [6.07, 6.45) is 24.5. The van der Waals surface area contributed by atoms with Gasteiger partial charge < -0.3 is 29.2 Å². The average molecular weight is 565 g/mol. The Hall–Kier alpha value is -0.990. The molecule has 2 saturated heterocycles. The molecule has 0 aromatic carbocycles. The number of unbranched alkanes of at least 4 members (excludes halogenated alkanes) is 2. The van der Waals surface area contributed by atoms with E-state index in [4.69, 9.17) is 24.1 Å². The lowest BCUT2D eigenvalue weighted by atomic mass is 9.84. The molecule has 2 unspecified atom stereocenters.